The maximum absolute atomic E-state index is 15.5. The van der Waals surface area contributed by atoms with Gasteiger partial charge in [0.15, 0.2) is 23.3 Å². The molecule has 0 radical (unpaired) electrons. The standard InChI is InChI=1S/C39H35BrF7N3O6S/c1-38(2,3)23-13-19(12-22(14-23)20-4-5-20)17-50(27-9-6-21(37(52)53)15-28(27)56-24-7-8-24)29(51)18-57(54,55)49-36-34(43)32(41)30(33(42)35(36)44)31(40)25-10-11-48-16-26(25)39(45,46)47/h6,9-16,20,24,31,49H,4-5,7-8,17-18H2,1-3H3,(H,52,53). The summed E-state index contributed by atoms with van der Waals surface area (Å²) in [6.45, 7) is 5.70. The molecule has 57 heavy (non-hydrogen) atoms. The van der Waals surface area contributed by atoms with Gasteiger partial charge in [-0.25, -0.2) is 30.8 Å². The van der Waals surface area contributed by atoms with Gasteiger partial charge in [-0.15, -0.1) is 0 Å². The molecular formula is C39H35BrF7N3O6S. The van der Waals surface area contributed by atoms with Crippen molar-refractivity contribution in [3.05, 3.63) is 117 Å². The molecule has 1 heterocycles. The van der Waals surface area contributed by atoms with E-state index in [9.17, 15) is 36.3 Å². The van der Waals surface area contributed by atoms with Crippen LogP contribution in [0.1, 0.15) is 101 Å². The normalized spacial score (nSPS) is 15.3. The number of aromatic nitrogens is 1. The molecule has 3 aromatic carbocycles. The SMILES string of the molecule is CC(C)(C)c1cc(CN(C(=O)CS(=O)(=O)Nc2c(F)c(F)c(C(Br)c3ccncc3C(F)(F)F)c(F)c2F)c2ccc(C(=O)O)cc2OC2CC2)cc(C2CC2)c1. The summed E-state index contributed by atoms with van der Waals surface area (Å²) in [5, 5.41) is 9.67. The Hall–Kier alpha value is -4.71. The zero-order chi connectivity index (χ0) is 41.8. The lowest BCUT2D eigenvalue weighted by Gasteiger charge is -2.27. The summed E-state index contributed by atoms with van der Waals surface area (Å²) in [4.78, 5) is 28.3. The van der Waals surface area contributed by atoms with Crippen LogP contribution in [0.15, 0.2) is 54.9 Å². The van der Waals surface area contributed by atoms with Crippen LogP contribution < -0.4 is 14.4 Å². The quantitative estimate of drug-likeness (QED) is 0.0779. The molecule has 0 aliphatic heterocycles. The van der Waals surface area contributed by atoms with Crippen molar-refractivity contribution in [3.63, 3.8) is 0 Å². The van der Waals surface area contributed by atoms with Gasteiger partial charge in [-0.1, -0.05) is 54.9 Å². The minimum absolute atomic E-state index is 0.0160. The van der Waals surface area contributed by atoms with E-state index in [0.29, 0.717) is 24.6 Å². The Kier molecular flexibility index (Phi) is 11.4. The zero-order valence-corrected chi connectivity index (χ0v) is 32.9. The fraction of sp³-hybridized carbons (Fsp3) is 0.359. The van der Waals surface area contributed by atoms with E-state index in [0.717, 1.165) is 41.1 Å². The fourth-order valence-corrected chi connectivity index (χ4v) is 7.97. The van der Waals surface area contributed by atoms with Gasteiger partial charge in [0.1, 0.15) is 17.2 Å². The highest BCUT2D eigenvalue weighted by atomic mass is 79.9. The van der Waals surface area contributed by atoms with Gasteiger partial charge in [0.25, 0.3) is 0 Å². The lowest BCUT2D eigenvalue weighted by atomic mass is 9.84. The molecule has 2 fully saturated rings. The average molecular weight is 887 g/mol. The number of ether oxygens (including phenoxy) is 1. The maximum atomic E-state index is 15.5. The third-order valence-corrected chi connectivity index (χ3v) is 11.5. The van der Waals surface area contributed by atoms with Crippen LogP contribution in [0.4, 0.5) is 42.1 Å². The predicted octanol–water partition coefficient (Wildman–Crippen LogP) is 9.53. The van der Waals surface area contributed by atoms with Crippen LogP contribution in [0.25, 0.3) is 0 Å². The number of halogens is 8. The first-order chi connectivity index (χ1) is 26.6. The summed E-state index contributed by atoms with van der Waals surface area (Å²) < 4.78 is 137. The number of carboxylic acids is 1. The van der Waals surface area contributed by atoms with Crippen LogP contribution in [0.3, 0.4) is 0 Å². The molecule has 304 valence electrons. The van der Waals surface area contributed by atoms with Crippen molar-refractivity contribution in [2.75, 3.05) is 15.4 Å². The Morgan fingerprint density at radius 3 is 2.18 bits per heavy atom. The molecule has 2 aliphatic rings. The maximum Gasteiger partial charge on any atom is 0.418 e. The molecule has 0 bridgehead atoms. The van der Waals surface area contributed by atoms with Gasteiger partial charge in [-0.05, 0) is 83.5 Å². The number of hydrogen-bond donors (Lipinski definition) is 2. The van der Waals surface area contributed by atoms with Crippen molar-refractivity contribution >= 4 is 49.2 Å². The molecule has 18 heteroatoms. The minimum Gasteiger partial charge on any atom is -0.488 e. The third-order valence-electron chi connectivity index (χ3n) is 9.44. The van der Waals surface area contributed by atoms with E-state index in [-0.39, 0.29) is 41.0 Å². The first-order valence-corrected chi connectivity index (χ1v) is 20.1. The number of carbonyl (C=O) groups is 2. The Balaban J connectivity index is 1.37. The number of carbonyl (C=O) groups excluding carboxylic acids is 1. The van der Waals surface area contributed by atoms with Crippen LogP contribution in [-0.4, -0.2) is 42.2 Å². The number of benzene rings is 3. The Morgan fingerprint density at radius 2 is 1.61 bits per heavy atom. The number of amides is 1. The van der Waals surface area contributed by atoms with E-state index < -0.39 is 84.3 Å². The summed E-state index contributed by atoms with van der Waals surface area (Å²) in [6.07, 6.45) is -1.02. The number of anilines is 2. The number of aromatic carboxylic acids is 1. The van der Waals surface area contributed by atoms with E-state index in [4.69, 9.17) is 4.74 Å². The molecule has 0 spiro atoms. The molecule has 9 nitrogen and oxygen atoms in total. The van der Waals surface area contributed by atoms with E-state index in [1.54, 1.807) is 0 Å². The second-order valence-electron chi connectivity index (χ2n) is 15.0. The molecule has 4 aromatic rings. The summed E-state index contributed by atoms with van der Waals surface area (Å²) in [5.41, 5.74) is -3.73. The van der Waals surface area contributed by atoms with Crippen LogP contribution in [0.5, 0.6) is 5.75 Å². The van der Waals surface area contributed by atoms with Crippen molar-refractivity contribution in [3.8, 4) is 5.75 Å². The molecule has 2 aliphatic carbocycles. The second-order valence-corrected chi connectivity index (χ2v) is 17.6. The largest absolute Gasteiger partial charge is 0.488 e. The number of alkyl halides is 4. The Labute approximate surface area is 331 Å². The van der Waals surface area contributed by atoms with Gasteiger partial charge in [-0.3, -0.25) is 14.5 Å². The first-order valence-electron chi connectivity index (χ1n) is 17.6. The number of pyridine rings is 1. The number of nitrogens with zero attached hydrogens (tertiary/aromatic N) is 2. The number of sulfonamides is 1. The van der Waals surface area contributed by atoms with Crippen LogP contribution in [-0.2, 0) is 33.0 Å². The molecule has 2 saturated carbocycles. The van der Waals surface area contributed by atoms with Gasteiger partial charge in [0.2, 0.25) is 15.9 Å². The minimum atomic E-state index is -5.22. The topological polar surface area (TPSA) is 126 Å². The summed E-state index contributed by atoms with van der Waals surface area (Å²) in [5.74, 6) is -12.8. The van der Waals surface area contributed by atoms with Gasteiger partial charge < -0.3 is 14.7 Å². The van der Waals surface area contributed by atoms with Gasteiger partial charge >= 0.3 is 12.1 Å². The average Bonchev–Trinajstić information content (AvgIpc) is 4.07. The van der Waals surface area contributed by atoms with Crippen molar-refractivity contribution in [1.82, 2.24) is 4.98 Å². The molecular weight excluding hydrogens is 851 g/mol. The molecule has 0 saturated heterocycles. The lowest BCUT2D eigenvalue weighted by Crippen LogP contribution is -2.38. The summed E-state index contributed by atoms with van der Waals surface area (Å²) in [6, 6.07) is 10.1. The summed E-state index contributed by atoms with van der Waals surface area (Å²) >= 11 is 2.69. The highest BCUT2D eigenvalue weighted by molar-refractivity contribution is 9.09. The number of hydrogen-bond acceptors (Lipinski definition) is 6. The van der Waals surface area contributed by atoms with Gasteiger partial charge in [0.05, 0.1) is 34.3 Å². The van der Waals surface area contributed by atoms with E-state index >= 15 is 17.6 Å². The van der Waals surface area contributed by atoms with Crippen molar-refractivity contribution in [2.45, 2.75) is 81.4 Å². The summed E-state index contributed by atoms with van der Waals surface area (Å²) in [7, 11) is -5.22. The van der Waals surface area contributed by atoms with E-state index in [1.807, 2.05) is 32.9 Å². The number of carboxylic acid groups (broad SMARTS) is 1. The van der Waals surface area contributed by atoms with Crippen LogP contribution in [0, 0.1) is 23.3 Å². The third kappa shape index (κ3) is 9.37. The molecule has 1 unspecified atom stereocenters. The Morgan fingerprint density at radius 1 is 0.965 bits per heavy atom. The zero-order valence-electron chi connectivity index (χ0n) is 30.5. The highest BCUT2D eigenvalue weighted by Gasteiger charge is 2.39. The van der Waals surface area contributed by atoms with Crippen molar-refractivity contribution in [2.24, 2.45) is 0 Å². The monoisotopic (exact) mass is 885 g/mol. The number of rotatable bonds is 13. The van der Waals surface area contributed by atoms with Crippen molar-refractivity contribution in [1.29, 1.82) is 0 Å². The molecule has 6 rings (SSSR count). The van der Waals surface area contributed by atoms with Gasteiger partial charge in [-0.2, -0.15) is 13.2 Å². The first kappa shape index (κ1) is 41.9. The van der Waals surface area contributed by atoms with Crippen LogP contribution in [0.2, 0.25) is 0 Å². The van der Waals surface area contributed by atoms with Crippen LogP contribution >= 0.6 is 15.9 Å². The molecule has 2 N–H and O–H groups in total. The van der Waals surface area contributed by atoms with Gasteiger partial charge in [0, 0.05) is 18.0 Å². The molecule has 1 aromatic heterocycles. The highest BCUT2D eigenvalue weighted by Crippen LogP contribution is 2.45. The number of nitrogens with one attached hydrogen (secondary N) is 1. The second kappa shape index (κ2) is 15.6. The lowest BCUT2D eigenvalue weighted by molar-refractivity contribution is -0.138. The smallest absolute Gasteiger partial charge is 0.418 e. The predicted molar refractivity (Wildman–Crippen MR) is 199 cm³/mol. The fourth-order valence-electron chi connectivity index (χ4n) is 6.13. The van der Waals surface area contributed by atoms with Crippen molar-refractivity contribution < 1.29 is 58.6 Å². The molecule has 1 amide bonds. The van der Waals surface area contributed by atoms with E-state index in [2.05, 4.69) is 27.0 Å². The molecule has 1 atom stereocenters. The van der Waals surface area contributed by atoms with E-state index in [1.165, 1.54) is 22.9 Å². The Bertz CT molecular complexity index is 2330.